The summed E-state index contributed by atoms with van der Waals surface area (Å²) in [6.07, 6.45) is 5.90. The Morgan fingerprint density at radius 3 is 2.78 bits per heavy atom. The molecule has 4 rings (SSSR count). The second-order valence-corrected chi connectivity index (χ2v) is 6.28. The standard InChI is InChI=1S/C20H21N5O2/c1-2-27-16-5-3-15(4-6-16)24-20(26)25-12-9-17-18(23-13-22-17)19(25)14-7-10-21-11-8-14/h3-8,10-11,13,19H,2,9,12H2,1H3,(H,22,23)(H,24,26). The van der Waals surface area contributed by atoms with Crippen LogP contribution in [-0.2, 0) is 6.42 Å². The van der Waals surface area contributed by atoms with Crippen molar-refractivity contribution in [3.8, 4) is 5.75 Å². The van der Waals surface area contributed by atoms with Gasteiger partial charge in [-0.1, -0.05) is 0 Å². The lowest BCUT2D eigenvalue weighted by Gasteiger charge is -2.35. The second kappa shape index (κ2) is 7.49. The predicted molar refractivity (Wildman–Crippen MR) is 102 cm³/mol. The number of urea groups is 1. The van der Waals surface area contributed by atoms with Gasteiger partial charge in [-0.3, -0.25) is 4.98 Å². The zero-order chi connectivity index (χ0) is 18.6. The minimum absolute atomic E-state index is 0.158. The van der Waals surface area contributed by atoms with Crippen LogP contribution in [0.25, 0.3) is 0 Å². The van der Waals surface area contributed by atoms with Crippen LogP contribution in [0, 0.1) is 0 Å². The van der Waals surface area contributed by atoms with Crippen LogP contribution in [0.5, 0.6) is 5.75 Å². The lowest BCUT2D eigenvalue weighted by molar-refractivity contribution is 0.192. The van der Waals surface area contributed by atoms with Crippen LogP contribution in [0.15, 0.2) is 55.1 Å². The molecule has 0 spiro atoms. The van der Waals surface area contributed by atoms with E-state index < -0.39 is 0 Å². The van der Waals surface area contributed by atoms with Crippen molar-refractivity contribution in [1.82, 2.24) is 19.9 Å². The van der Waals surface area contributed by atoms with Crippen molar-refractivity contribution in [2.24, 2.45) is 0 Å². The molecule has 0 bridgehead atoms. The first-order valence-electron chi connectivity index (χ1n) is 8.99. The van der Waals surface area contributed by atoms with Gasteiger partial charge in [0.25, 0.3) is 0 Å². The number of ether oxygens (including phenoxy) is 1. The predicted octanol–water partition coefficient (Wildman–Crippen LogP) is 3.38. The Morgan fingerprint density at radius 1 is 1.26 bits per heavy atom. The molecule has 0 saturated heterocycles. The number of nitrogens with one attached hydrogen (secondary N) is 2. The van der Waals surface area contributed by atoms with Gasteiger partial charge in [-0.15, -0.1) is 0 Å². The van der Waals surface area contributed by atoms with Gasteiger partial charge >= 0.3 is 6.03 Å². The number of benzene rings is 1. The normalized spacial score (nSPS) is 15.9. The summed E-state index contributed by atoms with van der Waals surface area (Å²) >= 11 is 0. The summed E-state index contributed by atoms with van der Waals surface area (Å²) in [5, 5.41) is 2.98. The van der Waals surface area contributed by atoms with Crippen molar-refractivity contribution in [1.29, 1.82) is 0 Å². The van der Waals surface area contributed by atoms with Crippen LogP contribution in [0.1, 0.15) is 29.9 Å². The molecule has 138 valence electrons. The van der Waals surface area contributed by atoms with Crippen molar-refractivity contribution in [3.63, 3.8) is 0 Å². The first kappa shape index (κ1) is 17.1. The Bertz CT molecular complexity index is 908. The van der Waals surface area contributed by atoms with Gasteiger partial charge in [0.1, 0.15) is 11.8 Å². The van der Waals surface area contributed by atoms with Crippen molar-refractivity contribution >= 4 is 11.7 Å². The van der Waals surface area contributed by atoms with E-state index in [1.165, 1.54) is 0 Å². The van der Waals surface area contributed by atoms with E-state index in [2.05, 4.69) is 20.3 Å². The molecular formula is C20H21N5O2. The quantitative estimate of drug-likeness (QED) is 0.744. The van der Waals surface area contributed by atoms with Gasteiger partial charge < -0.3 is 19.9 Å². The Kier molecular flexibility index (Phi) is 4.74. The summed E-state index contributed by atoms with van der Waals surface area (Å²) in [5.74, 6) is 0.782. The zero-order valence-electron chi connectivity index (χ0n) is 15.1. The number of carbonyl (C=O) groups excluding carboxylic acids is 1. The van der Waals surface area contributed by atoms with Crippen LogP contribution >= 0.6 is 0 Å². The van der Waals surface area contributed by atoms with E-state index in [1.807, 2.05) is 48.2 Å². The molecule has 1 unspecified atom stereocenters. The summed E-state index contributed by atoms with van der Waals surface area (Å²) in [4.78, 5) is 26.6. The maximum absolute atomic E-state index is 13.0. The molecule has 2 N–H and O–H groups in total. The van der Waals surface area contributed by atoms with E-state index in [4.69, 9.17) is 4.74 Å². The molecule has 27 heavy (non-hydrogen) atoms. The number of anilines is 1. The Labute approximate surface area is 157 Å². The number of carbonyl (C=O) groups is 1. The maximum Gasteiger partial charge on any atom is 0.322 e. The topological polar surface area (TPSA) is 83.1 Å². The van der Waals surface area contributed by atoms with Gasteiger partial charge in [0.05, 0.1) is 18.6 Å². The van der Waals surface area contributed by atoms with E-state index in [-0.39, 0.29) is 12.1 Å². The summed E-state index contributed by atoms with van der Waals surface area (Å²) in [5.41, 5.74) is 3.67. The van der Waals surface area contributed by atoms with Crippen molar-refractivity contribution < 1.29 is 9.53 Å². The molecule has 0 fully saturated rings. The molecule has 3 heterocycles. The summed E-state index contributed by atoms with van der Waals surface area (Å²) in [7, 11) is 0. The van der Waals surface area contributed by atoms with Crippen molar-refractivity contribution in [3.05, 3.63) is 72.1 Å². The molecule has 0 saturated carbocycles. The average Bonchev–Trinajstić information content (AvgIpc) is 3.18. The molecular weight excluding hydrogens is 342 g/mol. The highest BCUT2D eigenvalue weighted by Crippen LogP contribution is 2.33. The maximum atomic E-state index is 13.0. The van der Waals surface area contributed by atoms with Crippen LogP contribution in [0.4, 0.5) is 10.5 Å². The second-order valence-electron chi connectivity index (χ2n) is 6.28. The van der Waals surface area contributed by atoms with Gasteiger partial charge in [0.2, 0.25) is 0 Å². The van der Waals surface area contributed by atoms with Crippen molar-refractivity contribution in [2.45, 2.75) is 19.4 Å². The molecule has 7 nitrogen and oxygen atoms in total. The molecule has 1 atom stereocenters. The van der Waals surface area contributed by atoms with Crippen LogP contribution in [0.3, 0.4) is 0 Å². The highest BCUT2D eigenvalue weighted by molar-refractivity contribution is 5.90. The number of nitrogens with zero attached hydrogens (tertiary/aromatic N) is 3. The smallest absolute Gasteiger partial charge is 0.322 e. The third kappa shape index (κ3) is 3.48. The number of hydrogen-bond donors (Lipinski definition) is 2. The fourth-order valence-electron chi connectivity index (χ4n) is 3.38. The molecule has 7 heteroatoms. The number of aromatic nitrogens is 3. The fraction of sp³-hybridized carbons (Fsp3) is 0.250. The lowest BCUT2D eigenvalue weighted by atomic mass is 9.97. The molecule has 1 aliphatic heterocycles. The van der Waals surface area contributed by atoms with Crippen LogP contribution in [-0.4, -0.2) is 39.0 Å². The third-order valence-corrected chi connectivity index (χ3v) is 4.62. The average molecular weight is 363 g/mol. The Balaban J connectivity index is 1.58. The number of aromatic amines is 1. The molecule has 0 aliphatic carbocycles. The molecule has 2 amide bonds. The van der Waals surface area contributed by atoms with Gasteiger partial charge in [-0.2, -0.15) is 0 Å². The van der Waals surface area contributed by atoms with E-state index in [1.54, 1.807) is 18.7 Å². The zero-order valence-corrected chi connectivity index (χ0v) is 15.1. The number of rotatable bonds is 4. The van der Waals surface area contributed by atoms with Gasteiger partial charge in [0, 0.05) is 36.7 Å². The van der Waals surface area contributed by atoms with Crippen LogP contribution < -0.4 is 10.1 Å². The minimum Gasteiger partial charge on any atom is -0.494 e. The Morgan fingerprint density at radius 2 is 2.04 bits per heavy atom. The Hall–Kier alpha value is -3.35. The van der Waals surface area contributed by atoms with E-state index >= 15 is 0 Å². The molecule has 1 aromatic carbocycles. The van der Waals surface area contributed by atoms with E-state index in [0.29, 0.717) is 13.2 Å². The van der Waals surface area contributed by atoms with E-state index in [9.17, 15) is 4.79 Å². The van der Waals surface area contributed by atoms with Gasteiger partial charge in [0.15, 0.2) is 0 Å². The highest BCUT2D eigenvalue weighted by Gasteiger charge is 2.34. The highest BCUT2D eigenvalue weighted by atomic mass is 16.5. The van der Waals surface area contributed by atoms with Crippen molar-refractivity contribution in [2.75, 3.05) is 18.5 Å². The fourth-order valence-corrected chi connectivity index (χ4v) is 3.38. The number of imidazole rings is 1. The molecule has 0 radical (unpaired) electrons. The van der Waals surface area contributed by atoms with E-state index in [0.717, 1.165) is 34.8 Å². The third-order valence-electron chi connectivity index (χ3n) is 4.62. The SMILES string of the molecule is CCOc1ccc(NC(=O)N2CCc3[nH]cnc3C2c2ccncc2)cc1. The first-order valence-corrected chi connectivity index (χ1v) is 8.99. The summed E-state index contributed by atoms with van der Waals surface area (Å²) < 4.78 is 5.45. The largest absolute Gasteiger partial charge is 0.494 e. The van der Waals surface area contributed by atoms with Gasteiger partial charge in [-0.25, -0.2) is 9.78 Å². The lowest BCUT2D eigenvalue weighted by Crippen LogP contribution is -2.43. The van der Waals surface area contributed by atoms with Crippen LogP contribution in [0.2, 0.25) is 0 Å². The number of hydrogen-bond acceptors (Lipinski definition) is 4. The number of pyridine rings is 1. The monoisotopic (exact) mass is 363 g/mol. The first-order chi connectivity index (χ1) is 13.3. The molecule has 2 aromatic heterocycles. The molecule has 3 aromatic rings. The van der Waals surface area contributed by atoms with Gasteiger partial charge in [-0.05, 0) is 48.9 Å². The number of fused-ring (bicyclic) bond motifs is 1. The molecule has 1 aliphatic rings. The summed E-state index contributed by atoms with van der Waals surface area (Å²) in [6.45, 7) is 3.15. The number of amides is 2. The summed E-state index contributed by atoms with van der Waals surface area (Å²) in [6, 6.07) is 10.8. The number of H-pyrrole nitrogens is 1. The minimum atomic E-state index is -0.245.